The lowest BCUT2D eigenvalue weighted by molar-refractivity contribution is -0.132. The fourth-order valence-electron chi connectivity index (χ4n) is 2.51. The molecule has 1 atom stereocenters. The summed E-state index contributed by atoms with van der Waals surface area (Å²) in [5, 5.41) is 3.35. The van der Waals surface area contributed by atoms with Crippen LogP contribution in [0.3, 0.4) is 0 Å². The minimum Gasteiger partial charge on any atom is -0.484 e. The molecule has 3 rings (SSSR count). The predicted molar refractivity (Wildman–Crippen MR) is 84.8 cm³/mol. The number of anilines is 1. The Balaban J connectivity index is 1.46. The van der Waals surface area contributed by atoms with E-state index < -0.39 is 0 Å². The van der Waals surface area contributed by atoms with Gasteiger partial charge in [0.25, 0.3) is 5.91 Å². The number of hydrogen-bond acceptors (Lipinski definition) is 4. The smallest absolute Gasteiger partial charge is 0.260 e. The first kappa shape index (κ1) is 14.4. The Morgan fingerprint density at radius 2 is 2.05 bits per heavy atom. The molecule has 5 heteroatoms. The van der Waals surface area contributed by atoms with Gasteiger partial charge >= 0.3 is 0 Å². The number of nitrogens with one attached hydrogen (secondary N) is 1. The van der Waals surface area contributed by atoms with Gasteiger partial charge in [0.2, 0.25) is 0 Å². The number of aromatic nitrogens is 1. The number of pyridine rings is 1. The van der Waals surface area contributed by atoms with E-state index in [-0.39, 0.29) is 18.6 Å². The molecule has 1 aliphatic heterocycles. The number of nitrogens with zero attached hydrogens (tertiary/aromatic N) is 2. The van der Waals surface area contributed by atoms with E-state index >= 15 is 0 Å². The first-order valence-corrected chi connectivity index (χ1v) is 7.44. The molecule has 0 saturated carbocycles. The number of carbonyl (C=O) groups is 1. The molecule has 1 amide bonds. The highest BCUT2D eigenvalue weighted by Crippen LogP contribution is 2.15. The summed E-state index contributed by atoms with van der Waals surface area (Å²) >= 11 is 0. The molecule has 1 aliphatic rings. The molecule has 1 N–H and O–H groups in total. The zero-order chi connectivity index (χ0) is 15.2. The van der Waals surface area contributed by atoms with E-state index in [4.69, 9.17) is 4.74 Å². The van der Waals surface area contributed by atoms with Crippen LogP contribution in [0.15, 0.2) is 54.7 Å². The summed E-state index contributed by atoms with van der Waals surface area (Å²) in [7, 11) is 0. The highest BCUT2D eigenvalue weighted by molar-refractivity contribution is 5.78. The van der Waals surface area contributed by atoms with Crippen molar-refractivity contribution in [3.63, 3.8) is 0 Å². The molecule has 1 saturated heterocycles. The van der Waals surface area contributed by atoms with Crippen LogP contribution < -0.4 is 10.1 Å². The van der Waals surface area contributed by atoms with Crippen molar-refractivity contribution in [1.82, 2.24) is 9.88 Å². The lowest BCUT2D eigenvalue weighted by Crippen LogP contribution is -2.35. The van der Waals surface area contributed by atoms with Gasteiger partial charge in [-0.3, -0.25) is 4.79 Å². The summed E-state index contributed by atoms with van der Waals surface area (Å²) in [6.45, 7) is 1.52. The lowest BCUT2D eigenvalue weighted by Gasteiger charge is -2.17. The molecular formula is C17H19N3O2. The Labute approximate surface area is 129 Å². The van der Waals surface area contributed by atoms with Crippen molar-refractivity contribution in [3.8, 4) is 5.75 Å². The first-order chi connectivity index (χ1) is 10.8. The Hall–Kier alpha value is -2.56. The highest BCUT2D eigenvalue weighted by atomic mass is 16.5. The highest BCUT2D eigenvalue weighted by Gasteiger charge is 2.26. The molecule has 1 aromatic carbocycles. The number of rotatable bonds is 5. The van der Waals surface area contributed by atoms with Crippen molar-refractivity contribution in [3.05, 3.63) is 54.7 Å². The third-order valence-corrected chi connectivity index (χ3v) is 3.66. The second-order valence-corrected chi connectivity index (χ2v) is 5.29. The van der Waals surface area contributed by atoms with Crippen LogP contribution in [0.4, 0.5) is 5.82 Å². The van der Waals surface area contributed by atoms with E-state index in [1.54, 1.807) is 6.20 Å². The van der Waals surface area contributed by atoms with Gasteiger partial charge in [0, 0.05) is 25.3 Å². The largest absolute Gasteiger partial charge is 0.484 e. The van der Waals surface area contributed by atoms with E-state index in [1.807, 2.05) is 53.4 Å². The monoisotopic (exact) mass is 297 g/mol. The van der Waals surface area contributed by atoms with Crippen LogP contribution in [-0.4, -0.2) is 41.5 Å². The second-order valence-electron chi connectivity index (χ2n) is 5.29. The molecule has 5 nitrogen and oxygen atoms in total. The first-order valence-electron chi connectivity index (χ1n) is 7.44. The maximum atomic E-state index is 12.2. The van der Waals surface area contributed by atoms with Gasteiger partial charge < -0.3 is 15.0 Å². The molecule has 2 aromatic rings. The van der Waals surface area contributed by atoms with E-state index in [1.165, 1.54) is 0 Å². The average molecular weight is 297 g/mol. The second kappa shape index (κ2) is 6.93. The summed E-state index contributed by atoms with van der Waals surface area (Å²) in [6.07, 6.45) is 2.68. The van der Waals surface area contributed by atoms with E-state index in [9.17, 15) is 4.79 Å². The Kier molecular flexibility index (Phi) is 4.53. The topological polar surface area (TPSA) is 54.5 Å². The van der Waals surface area contributed by atoms with E-state index in [0.29, 0.717) is 6.54 Å². The maximum absolute atomic E-state index is 12.2. The predicted octanol–water partition coefficient (Wildman–Crippen LogP) is 2.17. The van der Waals surface area contributed by atoms with Crippen molar-refractivity contribution in [2.75, 3.05) is 25.0 Å². The van der Waals surface area contributed by atoms with Crippen LogP contribution >= 0.6 is 0 Å². The van der Waals surface area contributed by atoms with Crippen molar-refractivity contribution in [2.45, 2.75) is 12.5 Å². The number of hydrogen-bond donors (Lipinski definition) is 1. The maximum Gasteiger partial charge on any atom is 0.260 e. The normalized spacial score (nSPS) is 17.3. The summed E-state index contributed by atoms with van der Waals surface area (Å²) in [6, 6.07) is 15.4. The molecule has 0 spiro atoms. The molecular weight excluding hydrogens is 278 g/mol. The minimum absolute atomic E-state index is 0.0224. The standard InChI is InChI=1S/C17H19N3O2/c21-17(13-22-15-6-2-1-3-7-15)20-11-9-14(12-20)19-16-8-4-5-10-18-16/h1-8,10,14H,9,11-13H2,(H,18,19). The van der Waals surface area contributed by atoms with Crippen molar-refractivity contribution < 1.29 is 9.53 Å². The Morgan fingerprint density at radius 1 is 1.23 bits per heavy atom. The van der Waals surface area contributed by atoms with Crippen LogP contribution in [0.1, 0.15) is 6.42 Å². The van der Waals surface area contributed by atoms with Gasteiger partial charge in [-0.1, -0.05) is 24.3 Å². The molecule has 2 heterocycles. The summed E-state index contributed by atoms with van der Waals surface area (Å²) < 4.78 is 5.51. The third kappa shape index (κ3) is 3.75. The average Bonchev–Trinajstić information content (AvgIpc) is 3.03. The van der Waals surface area contributed by atoms with E-state index in [2.05, 4.69) is 10.3 Å². The van der Waals surface area contributed by atoms with Crippen LogP contribution in [0.5, 0.6) is 5.75 Å². The number of para-hydroxylation sites is 1. The number of amides is 1. The van der Waals surface area contributed by atoms with Crippen molar-refractivity contribution >= 4 is 11.7 Å². The molecule has 1 unspecified atom stereocenters. The Bertz CT molecular complexity index is 604. The van der Waals surface area contributed by atoms with Crippen LogP contribution in [0.25, 0.3) is 0 Å². The van der Waals surface area contributed by atoms with Gasteiger partial charge in [0.1, 0.15) is 11.6 Å². The van der Waals surface area contributed by atoms with E-state index in [0.717, 1.165) is 24.5 Å². The van der Waals surface area contributed by atoms with Gasteiger partial charge in [0.05, 0.1) is 0 Å². The molecule has 1 fully saturated rings. The van der Waals surface area contributed by atoms with Gasteiger partial charge in [-0.15, -0.1) is 0 Å². The van der Waals surface area contributed by atoms with Crippen molar-refractivity contribution in [2.24, 2.45) is 0 Å². The van der Waals surface area contributed by atoms with Gasteiger partial charge in [-0.2, -0.15) is 0 Å². The number of ether oxygens (including phenoxy) is 1. The van der Waals surface area contributed by atoms with Gasteiger partial charge in [-0.05, 0) is 30.7 Å². The molecule has 1 aromatic heterocycles. The molecule has 22 heavy (non-hydrogen) atoms. The zero-order valence-corrected chi connectivity index (χ0v) is 12.3. The van der Waals surface area contributed by atoms with Crippen LogP contribution in [0.2, 0.25) is 0 Å². The molecule has 0 aliphatic carbocycles. The quantitative estimate of drug-likeness (QED) is 0.919. The van der Waals surface area contributed by atoms with Gasteiger partial charge in [0.15, 0.2) is 6.61 Å². The molecule has 114 valence electrons. The SMILES string of the molecule is O=C(COc1ccccc1)N1CCC(Nc2ccccn2)C1. The third-order valence-electron chi connectivity index (χ3n) is 3.66. The summed E-state index contributed by atoms with van der Waals surface area (Å²) in [4.78, 5) is 18.3. The van der Waals surface area contributed by atoms with Crippen LogP contribution in [0, 0.1) is 0 Å². The lowest BCUT2D eigenvalue weighted by atomic mass is 10.2. The van der Waals surface area contributed by atoms with Crippen LogP contribution in [-0.2, 0) is 4.79 Å². The number of likely N-dealkylation sites (tertiary alicyclic amines) is 1. The molecule has 0 bridgehead atoms. The Morgan fingerprint density at radius 3 is 2.82 bits per heavy atom. The fourth-order valence-corrected chi connectivity index (χ4v) is 2.51. The number of carbonyl (C=O) groups excluding carboxylic acids is 1. The van der Waals surface area contributed by atoms with Gasteiger partial charge in [-0.25, -0.2) is 4.98 Å². The summed E-state index contributed by atoms with van der Waals surface area (Å²) in [5.41, 5.74) is 0. The zero-order valence-electron chi connectivity index (χ0n) is 12.3. The van der Waals surface area contributed by atoms with Crippen molar-refractivity contribution in [1.29, 1.82) is 0 Å². The number of benzene rings is 1. The minimum atomic E-state index is 0.0224. The molecule has 0 radical (unpaired) electrons. The fraction of sp³-hybridized carbons (Fsp3) is 0.294. The summed E-state index contributed by atoms with van der Waals surface area (Å²) in [5.74, 6) is 1.59.